The summed E-state index contributed by atoms with van der Waals surface area (Å²) >= 11 is 3.42. The number of imidazole rings is 1. The number of aromatic nitrogens is 4. The van der Waals surface area contributed by atoms with Gasteiger partial charge in [0.25, 0.3) is 0 Å². The zero-order valence-corrected chi connectivity index (χ0v) is 10.3. The monoisotopic (exact) mass is 286 g/mol. The molecular formula is C12H7BrN4. The molecule has 1 aromatic carbocycles. The standard InChI is InChI=1S/C12H7BrN4/c13-7-5-14-12-16-10-8-3-1-2-4-9(8)15-11(10)17(12)6-7/h1-6,15H. The van der Waals surface area contributed by atoms with E-state index in [4.69, 9.17) is 0 Å². The smallest absolute Gasteiger partial charge is 0.236 e. The number of rotatable bonds is 0. The molecule has 4 nitrogen and oxygen atoms in total. The van der Waals surface area contributed by atoms with Gasteiger partial charge >= 0.3 is 0 Å². The Morgan fingerprint density at radius 3 is 3.06 bits per heavy atom. The fourth-order valence-corrected chi connectivity index (χ4v) is 2.45. The van der Waals surface area contributed by atoms with Crippen LogP contribution in [0.5, 0.6) is 0 Å². The van der Waals surface area contributed by atoms with E-state index in [-0.39, 0.29) is 0 Å². The van der Waals surface area contributed by atoms with Crippen LogP contribution in [0.2, 0.25) is 0 Å². The van der Waals surface area contributed by atoms with Gasteiger partial charge in [-0.25, -0.2) is 9.97 Å². The van der Waals surface area contributed by atoms with Gasteiger partial charge in [-0.1, -0.05) is 18.2 Å². The Bertz CT molecular complexity index is 859. The van der Waals surface area contributed by atoms with Crippen molar-refractivity contribution >= 4 is 43.8 Å². The average molecular weight is 287 g/mol. The van der Waals surface area contributed by atoms with Crippen molar-refractivity contribution in [3.63, 3.8) is 0 Å². The maximum Gasteiger partial charge on any atom is 0.236 e. The van der Waals surface area contributed by atoms with Crippen LogP contribution in [0.3, 0.4) is 0 Å². The minimum Gasteiger partial charge on any atom is -0.339 e. The van der Waals surface area contributed by atoms with Crippen LogP contribution in [0.1, 0.15) is 0 Å². The van der Waals surface area contributed by atoms with Crippen LogP contribution < -0.4 is 0 Å². The summed E-state index contributed by atoms with van der Waals surface area (Å²) in [5, 5.41) is 1.13. The highest BCUT2D eigenvalue weighted by molar-refractivity contribution is 9.10. The lowest BCUT2D eigenvalue weighted by Gasteiger charge is -1.93. The van der Waals surface area contributed by atoms with Crippen LogP contribution in [0.15, 0.2) is 41.1 Å². The Morgan fingerprint density at radius 2 is 2.12 bits per heavy atom. The van der Waals surface area contributed by atoms with Crippen LogP contribution in [0, 0.1) is 0 Å². The van der Waals surface area contributed by atoms with Crippen molar-refractivity contribution in [2.24, 2.45) is 0 Å². The molecular weight excluding hydrogens is 280 g/mol. The van der Waals surface area contributed by atoms with E-state index in [1.165, 1.54) is 0 Å². The minimum absolute atomic E-state index is 0.709. The summed E-state index contributed by atoms with van der Waals surface area (Å²) < 4.78 is 2.89. The second kappa shape index (κ2) is 3.07. The van der Waals surface area contributed by atoms with E-state index in [9.17, 15) is 0 Å². The van der Waals surface area contributed by atoms with Gasteiger partial charge in [-0.15, -0.1) is 0 Å². The number of hydrogen-bond donors (Lipinski definition) is 1. The predicted octanol–water partition coefficient (Wildman–Crippen LogP) is 3.13. The number of benzene rings is 1. The summed E-state index contributed by atoms with van der Waals surface area (Å²) in [6.07, 6.45) is 3.72. The Hall–Kier alpha value is -1.88. The van der Waals surface area contributed by atoms with E-state index in [2.05, 4.69) is 43.0 Å². The molecule has 0 aliphatic carbocycles. The van der Waals surface area contributed by atoms with Gasteiger partial charge in [0, 0.05) is 23.3 Å². The largest absolute Gasteiger partial charge is 0.339 e. The SMILES string of the molecule is Brc1cnc2nc3c4ccccc4[nH]c3n2c1. The van der Waals surface area contributed by atoms with Crippen LogP contribution in [-0.2, 0) is 0 Å². The molecule has 0 atom stereocenters. The predicted molar refractivity (Wildman–Crippen MR) is 70.0 cm³/mol. The van der Waals surface area contributed by atoms with E-state index in [1.807, 2.05) is 22.7 Å². The molecule has 82 valence electrons. The maximum absolute atomic E-state index is 4.54. The molecule has 0 spiro atoms. The highest BCUT2D eigenvalue weighted by Gasteiger charge is 2.11. The van der Waals surface area contributed by atoms with Gasteiger partial charge in [-0.2, -0.15) is 0 Å². The Balaban J connectivity index is 2.30. The molecule has 0 bridgehead atoms. The lowest BCUT2D eigenvalue weighted by Crippen LogP contribution is -1.88. The third kappa shape index (κ3) is 1.17. The second-order valence-corrected chi connectivity index (χ2v) is 4.84. The molecule has 0 aliphatic heterocycles. The number of halogens is 1. The fraction of sp³-hybridized carbons (Fsp3) is 0. The first-order valence-electron chi connectivity index (χ1n) is 5.23. The zero-order chi connectivity index (χ0) is 11.4. The molecule has 0 unspecified atom stereocenters. The molecule has 3 aromatic heterocycles. The number of H-pyrrole nitrogens is 1. The molecule has 0 amide bonds. The van der Waals surface area contributed by atoms with Gasteiger partial charge in [0.2, 0.25) is 5.78 Å². The second-order valence-electron chi connectivity index (χ2n) is 3.92. The summed E-state index contributed by atoms with van der Waals surface area (Å²) in [5.41, 5.74) is 3.04. The minimum atomic E-state index is 0.709. The van der Waals surface area contributed by atoms with Crippen molar-refractivity contribution in [1.82, 2.24) is 19.4 Å². The van der Waals surface area contributed by atoms with Gasteiger partial charge in [0.1, 0.15) is 11.2 Å². The average Bonchev–Trinajstić information content (AvgIpc) is 2.85. The number of nitrogens with zero attached hydrogens (tertiary/aromatic N) is 3. The number of para-hydroxylation sites is 1. The first-order valence-corrected chi connectivity index (χ1v) is 6.02. The van der Waals surface area contributed by atoms with E-state index in [1.54, 1.807) is 6.20 Å². The van der Waals surface area contributed by atoms with Crippen molar-refractivity contribution in [1.29, 1.82) is 0 Å². The molecule has 0 saturated carbocycles. The maximum atomic E-state index is 4.54. The lowest BCUT2D eigenvalue weighted by molar-refractivity contribution is 1.11. The number of hydrogen-bond acceptors (Lipinski definition) is 2. The number of fused-ring (bicyclic) bond motifs is 5. The van der Waals surface area contributed by atoms with Crippen molar-refractivity contribution < 1.29 is 0 Å². The zero-order valence-electron chi connectivity index (χ0n) is 8.68. The van der Waals surface area contributed by atoms with Gasteiger partial charge in [0.15, 0.2) is 0 Å². The quantitative estimate of drug-likeness (QED) is 0.540. The molecule has 5 heteroatoms. The van der Waals surface area contributed by atoms with Crippen molar-refractivity contribution in [3.05, 3.63) is 41.1 Å². The topological polar surface area (TPSA) is 46.0 Å². The van der Waals surface area contributed by atoms with Crippen molar-refractivity contribution in [2.45, 2.75) is 0 Å². The van der Waals surface area contributed by atoms with E-state index in [0.717, 1.165) is 26.5 Å². The van der Waals surface area contributed by atoms with E-state index in [0.29, 0.717) is 5.78 Å². The van der Waals surface area contributed by atoms with E-state index >= 15 is 0 Å². The summed E-state index contributed by atoms with van der Waals surface area (Å²) in [4.78, 5) is 12.2. The molecule has 0 aliphatic rings. The van der Waals surface area contributed by atoms with Crippen LogP contribution in [0.4, 0.5) is 0 Å². The van der Waals surface area contributed by atoms with Crippen LogP contribution in [0.25, 0.3) is 27.8 Å². The normalized spacial score (nSPS) is 11.8. The first-order chi connectivity index (χ1) is 8.33. The Labute approximate surface area is 104 Å². The fourth-order valence-electron chi connectivity index (χ4n) is 2.14. The van der Waals surface area contributed by atoms with Gasteiger partial charge < -0.3 is 4.98 Å². The molecule has 17 heavy (non-hydrogen) atoms. The third-order valence-corrected chi connectivity index (χ3v) is 3.29. The summed E-state index contributed by atoms with van der Waals surface area (Å²) in [6, 6.07) is 8.15. The molecule has 4 rings (SSSR count). The summed E-state index contributed by atoms with van der Waals surface area (Å²) in [7, 11) is 0. The van der Waals surface area contributed by atoms with Gasteiger partial charge in [0.05, 0.1) is 4.47 Å². The van der Waals surface area contributed by atoms with Crippen molar-refractivity contribution in [3.8, 4) is 0 Å². The Morgan fingerprint density at radius 1 is 1.24 bits per heavy atom. The molecule has 0 saturated heterocycles. The van der Waals surface area contributed by atoms with Gasteiger partial charge in [-0.05, 0) is 22.0 Å². The summed E-state index contributed by atoms with van der Waals surface area (Å²) in [5.74, 6) is 0.709. The molecule has 0 fully saturated rings. The molecule has 0 radical (unpaired) electrons. The lowest BCUT2D eigenvalue weighted by atomic mass is 10.2. The van der Waals surface area contributed by atoms with Gasteiger partial charge in [-0.3, -0.25) is 4.40 Å². The van der Waals surface area contributed by atoms with Crippen LogP contribution in [-0.4, -0.2) is 19.4 Å². The van der Waals surface area contributed by atoms with Crippen molar-refractivity contribution in [2.75, 3.05) is 0 Å². The number of aromatic amines is 1. The molecule has 1 N–H and O–H groups in total. The highest BCUT2D eigenvalue weighted by atomic mass is 79.9. The molecule has 3 heterocycles. The third-order valence-electron chi connectivity index (χ3n) is 2.88. The van der Waals surface area contributed by atoms with E-state index < -0.39 is 0 Å². The Kier molecular flexibility index (Phi) is 1.66. The summed E-state index contributed by atoms with van der Waals surface area (Å²) in [6.45, 7) is 0. The number of nitrogens with one attached hydrogen (secondary N) is 1. The van der Waals surface area contributed by atoms with Crippen LogP contribution >= 0.6 is 15.9 Å². The highest BCUT2D eigenvalue weighted by Crippen LogP contribution is 2.25. The molecule has 4 aromatic rings. The first kappa shape index (κ1) is 9.18.